The Morgan fingerprint density at radius 1 is 1.25 bits per heavy atom. The van der Waals surface area contributed by atoms with Gasteiger partial charge in [0.15, 0.2) is 17.7 Å². The summed E-state index contributed by atoms with van der Waals surface area (Å²) >= 11 is 6.17. The summed E-state index contributed by atoms with van der Waals surface area (Å²) < 4.78 is 30.1. The van der Waals surface area contributed by atoms with E-state index in [1.165, 1.54) is 10.9 Å². The molecule has 3 aromatic heterocycles. The number of nitrogens with zero attached hydrogens (tertiary/aromatic N) is 7. The van der Waals surface area contributed by atoms with Gasteiger partial charge in [0, 0.05) is 6.04 Å². The number of rotatable bonds is 12. The number of aliphatic hydroxyl groups is 3. The maximum absolute atomic E-state index is 12.3. The molecule has 20 heteroatoms. The summed E-state index contributed by atoms with van der Waals surface area (Å²) in [4.78, 5) is 28.4. The summed E-state index contributed by atoms with van der Waals surface area (Å²) in [5, 5.41) is 49.8. The van der Waals surface area contributed by atoms with Crippen molar-refractivity contribution in [3.05, 3.63) is 17.3 Å². The predicted molar refractivity (Wildman–Crippen MR) is 134 cm³/mol. The zero-order valence-corrected chi connectivity index (χ0v) is 22.6. The summed E-state index contributed by atoms with van der Waals surface area (Å²) in [6, 6.07) is 0.228. The molecular weight excluding hydrogens is 577 g/mol. The van der Waals surface area contributed by atoms with E-state index in [2.05, 4.69) is 41.0 Å². The van der Waals surface area contributed by atoms with Crippen LogP contribution in [0.4, 0.5) is 5.82 Å². The summed E-state index contributed by atoms with van der Waals surface area (Å²) in [6.45, 7) is -2.80. The van der Waals surface area contributed by atoms with Crippen molar-refractivity contribution < 1.29 is 43.9 Å². The molecule has 3 aromatic rings. The quantitative estimate of drug-likeness (QED) is 0.0971. The van der Waals surface area contributed by atoms with Gasteiger partial charge in [-0.2, -0.15) is 20.3 Å². The fourth-order valence-corrected chi connectivity index (χ4v) is 5.55. The number of halogens is 1. The van der Waals surface area contributed by atoms with E-state index in [0.29, 0.717) is 11.2 Å². The zero-order valence-electron chi connectivity index (χ0n) is 20.9. The van der Waals surface area contributed by atoms with Crippen LogP contribution in [0.25, 0.3) is 11.0 Å². The molecule has 1 aliphatic carbocycles. The number of aromatic amines is 1. The highest BCUT2D eigenvalue weighted by Gasteiger charge is 2.51. The summed E-state index contributed by atoms with van der Waals surface area (Å²) in [5.41, 5.74) is 0.244. The summed E-state index contributed by atoms with van der Waals surface area (Å²) in [5.74, 6) is 0.589. The molecule has 7 N–H and O–H groups in total. The third-order valence-corrected chi connectivity index (χ3v) is 8.57. The number of H-pyrrole nitrogens is 1. The molecule has 0 radical (unpaired) electrons. The predicted octanol–water partition coefficient (Wildman–Crippen LogP) is -0.934. The van der Waals surface area contributed by atoms with E-state index in [-0.39, 0.29) is 29.4 Å². The molecule has 18 nitrogen and oxygen atoms in total. The molecule has 5 atom stereocenters. The van der Waals surface area contributed by atoms with Gasteiger partial charge in [0.25, 0.3) is 0 Å². The molecule has 2 fully saturated rings. The van der Waals surface area contributed by atoms with Crippen LogP contribution in [-0.2, 0) is 25.4 Å². The molecule has 5 unspecified atom stereocenters. The van der Waals surface area contributed by atoms with Crippen LogP contribution in [0.5, 0.6) is 0 Å². The van der Waals surface area contributed by atoms with Crippen molar-refractivity contribution in [1.82, 2.24) is 40.4 Å². The van der Waals surface area contributed by atoms with Crippen LogP contribution in [-0.4, -0.2) is 115 Å². The monoisotopic (exact) mass is 605 g/mol. The Morgan fingerprint density at radius 3 is 2.70 bits per heavy atom. The number of anilines is 1. The molecule has 0 bridgehead atoms. The highest BCUT2D eigenvalue weighted by atomic mass is 35.5. The lowest BCUT2D eigenvalue weighted by Crippen LogP contribution is -2.45. The normalized spacial score (nSPS) is 25.6. The number of ether oxygens (including phenoxy) is 3. The van der Waals surface area contributed by atoms with Crippen molar-refractivity contribution in [3.8, 4) is 0 Å². The van der Waals surface area contributed by atoms with Crippen molar-refractivity contribution in [2.75, 3.05) is 25.1 Å². The van der Waals surface area contributed by atoms with Crippen molar-refractivity contribution in [3.63, 3.8) is 0 Å². The van der Waals surface area contributed by atoms with Crippen LogP contribution in [0.3, 0.4) is 0 Å². The van der Waals surface area contributed by atoms with Gasteiger partial charge in [-0.05, 0) is 24.4 Å². The number of nitrogens with one attached hydrogen (secondary N) is 2. The minimum atomic E-state index is -5.14. The minimum Gasteiger partial charge on any atom is -0.393 e. The third-order valence-electron chi connectivity index (χ3n) is 6.94. The minimum absolute atomic E-state index is 0.0575. The Kier molecular flexibility index (Phi) is 8.63. The number of tetrazole rings is 1. The first-order chi connectivity index (χ1) is 19.1. The maximum Gasteiger partial charge on any atom is 0.361 e. The molecule has 0 aromatic carbocycles. The van der Waals surface area contributed by atoms with E-state index in [4.69, 9.17) is 25.8 Å². The summed E-state index contributed by atoms with van der Waals surface area (Å²) in [7, 11) is -5.14. The van der Waals surface area contributed by atoms with Gasteiger partial charge in [-0.25, -0.2) is 4.68 Å². The first-order valence-electron chi connectivity index (χ1n) is 12.4. The number of aromatic nitrogens is 8. The van der Waals surface area contributed by atoms with Crippen molar-refractivity contribution in [1.29, 1.82) is 0 Å². The lowest BCUT2D eigenvalue weighted by molar-refractivity contribution is -0.131. The Labute approximate surface area is 231 Å². The topological polar surface area (TPSA) is 256 Å². The van der Waals surface area contributed by atoms with Gasteiger partial charge in [-0.3, -0.25) is 4.57 Å². The Balaban J connectivity index is 1.31. The molecule has 0 amide bonds. The van der Waals surface area contributed by atoms with Crippen molar-refractivity contribution in [2.24, 2.45) is 0 Å². The molecular formula is C20H29ClN9O9P. The van der Waals surface area contributed by atoms with Gasteiger partial charge in [0.05, 0.1) is 31.4 Å². The van der Waals surface area contributed by atoms with E-state index in [1.54, 1.807) is 0 Å². The summed E-state index contributed by atoms with van der Waals surface area (Å²) in [6.07, 6.45) is 0.0711. The average Bonchev–Trinajstić information content (AvgIpc) is 3.71. The van der Waals surface area contributed by atoms with Crippen LogP contribution in [0.2, 0.25) is 5.28 Å². The highest BCUT2D eigenvalue weighted by Crippen LogP contribution is 2.51. The zero-order chi connectivity index (χ0) is 28.5. The van der Waals surface area contributed by atoms with Gasteiger partial charge in [-0.1, -0.05) is 18.1 Å². The fourth-order valence-electron chi connectivity index (χ4n) is 4.70. The molecule has 5 rings (SSSR count). The molecule has 220 valence electrons. The second-order valence-corrected chi connectivity index (χ2v) is 11.9. The largest absolute Gasteiger partial charge is 0.393 e. The van der Waals surface area contributed by atoms with Crippen LogP contribution in [0, 0.1) is 0 Å². The molecule has 1 saturated heterocycles. The van der Waals surface area contributed by atoms with E-state index in [0.717, 1.165) is 25.7 Å². The van der Waals surface area contributed by atoms with Crippen LogP contribution >= 0.6 is 19.2 Å². The van der Waals surface area contributed by atoms with Crippen LogP contribution in [0.15, 0.2) is 6.20 Å². The van der Waals surface area contributed by atoms with Gasteiger partial charge >= 0.3 is 7.60 Å². The van der Waals surface area contributed by atoms with Gasteiger partial charge in [-0.15, -0.1) is 10.2 Å². The molecule has 0 spiro atoms. The van der Waals surface area contributed by atoms with Gasteiger partial charge in [0.2, 0.25) is 10.6 Å². The molecule has 2 aliphatic rings. The average molecular weight is 606 g/mol. The van der Waals surface area contributed by atoms with Gasteiger partial charge in [0.1, 0.15) is 30.7 Å². The second-order valence-electron chi connectivity index (χ2n) is 9.62. The van der Waals surface area contributed by atoms with Gasteiger partial charge < -0.3 is 44.6 Å². The van der Waals surface area contributed by atoms with Crippen LogP contribution < -0.4 is 5.32 Å². The molecule has 4 heterocycles. The first-order valence-corrected chi connectivity index (χ1v) is 14.4. The van der Waals surface area contributed by atoms with E-state index in [9.17, 15) is 29.7 Å². The number of hydrogen-bond donors (Lipinski definition) is 7. The van der Waals surface area contributed by atoms with E-state index < -0.39 is 57.3 Å². The Morgan fingerprint density at radius 2 is 2.02 bits per heavy atom. The number of aliphatic hydroxyl groups excluding tert-OH is 3. The van der Waals surface area contributed by atoms with Crippen molar-refractivity contribution >= 4 is 36.0 Å². The lowest BCUT2D eigenvalue weighted by atomic mass is 10.1. The standard InChI is InChI=1S/C20H29ClN9O9P/c21-19-24-16(23-10-3-1-2-4-10)11-5-22-30(17(11)25-19)18-15(33)14(32)12(39-18)6-38-20(8-31,40(34,35)36)9-37-7-13-26-28-29-27-13/h5,10,12,14-15,18,31-33H,1-4,6-9H2,(H,23,24,25)(H2,34,35,36)(H,26,27,28,29). The first kappa shape index (κ1) is 29.1. The van der Waals surface area contributed by atoms with E-state index in [1.807, 2.05) is 0 Å². The fraction of sp³-hybridized carbons (Fsp3) is 0.700. The SMILES string of the molecule is O=P(O)(O)C(CO)(COCc1nn[nH]n1)OCC1OC(n2ncc3c(NC4CCCC4)nc(Cl)nc32)C(O)C1O. The molecule has 1 aliphatic heterocycles. The van der Waals surface area contributed by atoms with Crippen molar-refractivity contribution in [2.45, 2.75) is 68.2 Å². The van der Waals surface area contributed by atoms with Crippen LogP contribution in [0.1, 0.15) is 37.7 Å². The maximum atomic E-state index is 12.3. The molecule has 1 saturated carbocycles. The second kappa shape index (κ2) is 11.8. The number of hydrogen-bond acceptors (Lipinski definition) is 14. The Hall–Kier alpha value is -2.38. The molecule has 40 heavy (non-hydrogen) atoms. The van der Waals surface area contributed by atoms with E-state index >= 15 is 0 Å². The lowest BCUT2D eigenvalue weighted by Gasteiger charge is -2.33. The highest BCUT2D eigenvalue weighted by molar-refractivity contribution is 7.53. The Bertz CT molecular complexity index is 1340. The smallest absolute Gasteiger partial charge is 0.361 e. The number of fused-ring (bicyclic) bond motifs is 1. The third kappa shape index (κ3) is 5.82.